The molecule has 7 nitrogen and oxygen atoms in total. The van der Waals surface area contributed by atoms with Crippen molar-refractivity contribution >= 4 is 11.9 Å². The number of hydrogen-bond acceptors (Lipinski definition) is 6. The molecule has 2 aromatic heterocycles. The number of anilines is 1. The molecule has 1 aliphatic rings. The quantitative estimate of drug-likeness (QED) is 0.551. The summed E-state index contributed by atoms with van der Waals surface area (Å²) >= 11 is 0. The molecule has 1 amide bonds. The Bertz CT molecular complexity index is 1140. The summed E-state index contributed by atoms with van der Waals surface area (Å²) in [6.45, 7) is 2.67. The molecule has 2 atom stereocenters. The number of piperidine rings is 1. The number of likely N-dealkylation sites (tertiary alicyclic amines) is 1. The Morgan fingerprint density at radius 3 is 2.53 bits per heavy atom. The van der Waals surface area contributed by atoms with E-state index in [1.165, 1.54) is 18.2 Å². The molecule has 1 unspecified atom stereocenters. The smallest absolute Gasteiger partial charge is 0.352 e. The van der Waals surface area contributed by atoms with Gasteiger partial charge < -0.3 is 10.2 Å². The number of carbonyl (C=O) groups is 1. The molecule has 1 aromatic carbocycles. The van der Waals surface area contributed by atoms with Gasteiger partial charge >= 0.3 is 6.18 Å². The largest absolute Gasteiger partial charge is 0.419 e. The van der Waals surface area contributed by atoms with Crippen molar-refractivity contribution in [1.82, 2.24) is 24.8 Å². The number of nitrogens with one attached hydrogen (secondary N) is 1. The monoisotopic (exact) mass is 474 g/mol. The molecule has 1 fully saturated rings. The van der Waals surface area contributed by atoms with Crippen molar-refractivity contribution in [1.29, 1.82) is 0 Å². The second-order valence-corrected chi connectivity index (χ2v) is 8.12. The Labute approximate surface area is 193 Å². The fourth-order valence-electron chi connectivity index (χ4n) is 4.06. The third kappa shape index (κ3) is 5.13. The number of alkyl halides is 3. The predicted molar refractivity (Wildman–Crippen MR) is 116 cm³/mol. The van der Waals surface area contributed by atoms with Crippen molar-refractivity contribution < 1.29 is 22.4 Å². The topological polar surface area (TPSA) is 83.9 Å². The third-order valence-electron chi connectivity index (χ3n) is 5.84. The first-order chi connectivity index (χ1) is 16.2. The van der Waals surface area contributed by atoms with Gasteiger partial charge in [-0.15, -0.1) is 0 Å². The molecular formula is C23H22F4N6O. The Hall–Kier alpha value is -3.63. The minimum Gasteiger partial charge on any atom is -0.352 e. The van der Waals surface area contributed by atoms with Crippen LogP contribution in [0.5, 0.6) is 0 Å². The van der Waals surface area contributed by atoms with Gasteiger partial charge in [0.15, 0.2) is 5.82 Å². The minimum absolute atomic E-state index is 0.0299. The number of amides is 1. The average molecular weight is 474 g/mol. The molecule has 3 heterocycles. The molecule has 4 rings (SSSR count). The number of hydrogen-bond donors (Lipinski definition) is 1. The van der Waals surface area contributed by atoms with Gasteiger partial charge in [-0.2, -0.15) is 13.2 Å². The van der Waals surface area contributed by atoms with Crippen LogP contribution in [0.15, 0.2) is 49.1 Å². The molecule has 0 aliphatic carbocycles. The van der Waals surface area contributed by atoms with Gasteiger partial charge in [-0.3, -0.25) is 4.79 Å². The maximum Gasteiger partial charge on any atom is 0.419 e. The molecule has 1 aliphatic heterocycles. The van der Waals surface area contributed by atoms with E-state index < -0.39 is 17.6 Å². The SMILES string of the molecule is C[C@@H]1CCCN(C(=O)c2cc(F)ccc2-c2ncccn2)C1CNc1ncc(C(F)(F)F)cn1. The summed E-state index contributed by atoms with van der Waals surface area (Å²) in [6.07, 6.45) is 1.61. The van der Waals surface area contributed by atoms with Crippen LogP contribution in [0.3, 0.4) is 0 Å². The standard InChI is InChI=1S/C23H22F4N6O/c1-14-4-2-9-33(19(14)13-32-22-30-11-15(12-31-22)23(25,26)27)21(34)18-10-16(24)5-6-17(18)20-28-7-3-8-29-20/h3,5-8,10-12,14,19H,2,4,9,13H2,1H3,(H,30,31,32)/t14-,19?/m1/s1. The fraction of sp³-hybridized carbons (Fsp3) is 0.348. The summed E-state index contributed by atoms with van der Waals surface area (Å²) in [5, 5.41) is 2.94. The Balaban J connectivity index is 1.57. The normalized spacial score (nSPS) is 18.6. The zero-order valence-corrected chi connectivity index (χ0v) is 18.3. The second kappa shape index (κ2) is 9.70. The Morgan fingerprint density at radius 2 is 1.85 bits per heavy atom. The molecule has 11 heteroatoms. The lowest BCUT2D eigenvalue weighted by molar-refractivity contribution is -0.138. The predicted octanol–water partition coefficient (Wildman–Crippen LogP) is 4.44. The van der Waals surface area contributed by atoms with Crippen molar-refractivity contribution in [3.05, 3.63) is 66.0 Å². The second-order valence-electron chi connectivity index (χ2n) is 8.12. The van der Waals surface area contributed by atoms with Gasteiger partial charge in [-0.05, 0) is 43.0 Å². The van der Waals surface area contributed by atoms with Crippen LogP contribution < -0.4 is 5.32 Å². The van der Waals surface area contributed by atoms with Crippen LogP contribution >= 0.6 is 0 Å². The maximum atomic E-state index is 14.1. The van der Waals surface area contributed by atoms with Crippen molar-refractivity contribution in [3.8, 4) is 11.4 Å². The van der Waals surface area contributed by atoms with E-state index in [0.29, 0.717) is 30.3 Å². The zero-order chi connectivity index (χ0) is 24.3. The van der Waals surface area contributed by atoms with Crippen molar-refractivity contribution in [2.75, 3.05) is 18.4 Å². The molecule has 0 saturated carbocycles. The lowest BCUT2D eigenvalue weighted by atomic mass is 9.89. The van der Waals surface area contributed by atoms with Crippen molar-refractivity contribution in [3.63, 3.8) is 0 Å². The van der Waals surface area contributed by atoms with Crippen LogP contribution in [0, 0.1) is 11.7 Å². The summed E-state index contributed by atoms with van der Waals surface area (Å²) in [7, 11) is 0. The molecule has 0 spiro atoms. The van der Waals surface area contributed by atoms with Gasteiger partial charge in [0.2, 0.25) is 5.95 Å². The lowest BCUT2D eigenvalue weighted by Gasteiger charge is -2.40. The van der Waals surface area contributed by atoms with Gasteiger partial charge in [0.05, 0.1) is 17.2 Å². The van der Waals surface area contributed by atoms with Crippen molar-refractivity contribution in [2.45, 2.75) is 32.0 Å². The van der Waals surface area contributed by atoms with E-state index in [1.807, 2.05) is 6.92 Å². The number of aromatic nitrogens is 4. The Morgan fingerprint density at radius 1 is 1.15 bits per heavy atom. The number of rotatable bonds is 5. The highest BCUT2D eigenvalue weighted by Crippen LogP contribution is 2.30. The average Bonchev–Trinajstić information content (AvgIpc) is 2.83. The third-order valence-corrected chi connectivity index (χ3v) is 5.84. The van der Waals surface area contributed by atoms with Crippen LogP contribution in [-0.2, 0) is 6.18 Å². The number of carbonyl (C=O) groups excluding carboxylic acids is 1. The van der Waals surface area contributed by atoms with Crippen LogP contribution in [0.1, 0.15) is 35.7 Å². The summed E-state index contributed by atoms with van der Waals surface area (Å²) < 4.78 is 52.4. The minimum atomic E-state index is -4.52. The molecular weight excluding hydrogens is 452 g/mol. The Kier molecular flexibility index (Phi) is 6.71. The molecule has 34 heavy (non-hydrogen) atoms. The molecule has 0 radical (unpaired) electrons. The summed E-state index contributed by atoms with van der Waals surface area (Å²) in [4.78, 5) is 31.1. The molecule has 0 bridgehead atoms. The first kappa shape index (κ1) is 23.5. The van der Waals surface area contributed by atoms with Gasteiger partial charge in [-0.25, -0.2) is 24.3 Å². The molecule has 178 valence electrons. The lowest BCUT2D eigenvalue weighted by Crippen LogP contribution is -2.51. The highest BCUT2D eigenvalue weighted by Gasteiger charge is 2.34. The van der Waals surface area contributed by atoms with Gasteiger partial charge in [0.1, 0.15) is 5.82 Å². The number of nitrogens with zero attached hydrogens (tertiary/aromatic N) is 5. The highest BCUT2D eigenvalue weighted by atomic mass is 19.4. The zero-order valence-electron chi connectivity index (χ0n) is 18.3. The van der Waals surface area contributed by atoms with E-state index in [9.17, 15) is 22.4 Å². The van der Waals surface area contributed by atoms with Crippen LogP contribution in [0.25, 0.3) is 11.4 Å². The number of halogens is 4. The molecule has 3 aromatic rings. The van der Waals surface area contributed by atoms with E-state index in [1.54, 1.807) is 23.4 Å². The van der Waals surface area contributed by atoms with E-state index in [0.717, 1.165) is 12.8 Å². The van der Waals surface area contributed by atoms with E-state index in [2.05, 4.69) is 25.3 Å². The first-order valence-electron chi connectivity index (χ1n) is 10.7. The van der Waals surface area contributed by atoms with Gasteiger partial charge in [0, 0.05) is 43.4 Å². The van der Waals surface area contributed by atoms with Crippen LogP contribution in [0.2, 0.25) is 0 Å². The van der Waals surface area contributed by atoms with Gasteiger partial charge in [0.25, 0.3) is 5.91 Å². The van der Waals surface area contributed by atoms with Crippen LogP contribution in [-0.4, -0.2) is 49.9 Å². The highest BCUT2D eigenvalue weighted by molar-refractivity contribution is 6.00. The summed E-state index contributed by atoms with van der Waals surface area (Å²) in [5.41, 5.74) is -0.373. The van der Waals surface area contributed by atoms with Crippen molar-refractivity contribution in [2.24, 2.45) is 5.92 Å². The first-order valence-corrected chi connectivity index (χ1v) is 10.7. The van der Waals surface area contributed by atoms with E-state index >= 15 is 0 Å². The fourth-order valence-corrected chi connectivity index (χ4v) is 4.06. The van der Waals surface area contributed by atoms with Crippen LogP contribution in [0.4, 0.5) is 23.5 Å². The van der Waals surface area contributed by atoms with E-state index in [-0.39, 0.29) is 35.9 Å². The molecule has 1 saturated heterocycles. The molecule has 1 N–H and O–H groups in total. The number of benzene rings is 1. The summed E-state index contributed by atoms with van der Waals surface area (Å²) in [6, 6.07) is 5.25. The van der Waals surface area contributed by atoms with Gasteiger partial charge in [-0.1, -0.05) is 6.92 Å². The maximum absolute atomic E-state index is 14.1. The summed E-state index contributed by atoms with van der Waals surface area (Å²) in [5.74, 6) is -0.495. The van der Waals surface area contributed by atoms with E-state index in [4.69, 9.17) is 0 Å².